The predicted molar refractivity (Wildman–Crippen MR) is 92.4 cm³/mol. The zero-order valence-electron chi connectivity index (χ0n) is 13.0. The second-order valence-corrected chi connectivity index (χ2v) is 5.80. The number of anilines is 1. The van der Waals surface area contributed by atoms with Crippen molar-refractivity contribution < 1.29 is 4.79 Å². The topological polar surface area (TPSA) is 32.3 Å². The molecule has 0 saturated heterocycles. The molecule has 0 atom stereocenters. The molecule has 2 rings (SSSR count). The van der Waals surface area contributed by atoms with Gasteiger partial charge in [0.05, 0.1) is 0 Å². The first kappa shape index (κ1) is 16.4. The lowest BCUT2D eigenvalue weighted by Crippen LogP contribution is -2.30. The van der Waals surface area contributed by atoms with Crippen LogP contribution < -0.4 is 5.32 Å². The quantitative estimate of drug-likeness (QED) is 0.831. The highest BCUT2D eigenvalue weighted by molar-refractivity contribution is 6.30. The minimum Gasteiger partial charge on any atom is -0.323 e. The molecule has 4 heteroatoms. The van der Waals surface area contributed by atoms with E-state index in [1.807, 2.05) is 36.4 Å². The predicted octanol–water partition coefficient (Wildman–Crippen LogP) is 4.96. The summed E-state index contributed by atoms with van der Waals surface area (Å²) in [4.78, 5) is 13.8. The monoisotopic (exact) mass is 316 g/mol. The molecule has 0 saturated carbocycles. The highest BCUT2D eigenvalue weighted by atomic mass is 35.5. The first-order chi connectivity index (χ1) is 10.6. The van der Waals surface area contributed by atoms with Gasteiger partial charge in [-0.2, -0.15) is 0 Å². The molecule has 0 aromatic heterocycles. The van der Waals surface area contributed by atoms with E-state index in [9.17, 15) is 4.79 Å². The van der Waals surface area contributed by atoms with Gasteiger partial charge in [0.2, 0.25) is 0 Å². The van der Waals surface area contributed by atoms with Crippen molar-refractivity contribution in [3.8, 4) is 0 Å². The van der Waals surface area contributed by atoms with Crippen LogP contribution in [0.4, 0.5) is 10.5 Å². The molecule has 0 heterocycles. The van der Waals surface area contributed by atoms with E-state index in [1.165, 1.54) is 5.56 Å². The zero-order valence-corrected chi connectivity index (χ0v) is 13.7. The third kappa shape index (κ3) is 4.78. The van der Waals surface area contributed by atoms with Gasteiger partial charge < -0.3 is 10.2 Å². The van der Waals surface area contributed by atoms with Crippen molar-refractivity contribution in [2.24, 2.45) is 0 Å². The van der Waals surface area contributed by atoms with E-state index in [2.05, 4.69) is 24.4 Å². The highest BCUT2D eigenvalue weighted by Crippen LogP contribution is 2.14. The van der Waals surface area contributed by atoms with Gasteiger partial charge in [-0.1, -0.05) is 49.2 Å². The summed E-state index contributed by atoms with van der Waals surface area (Å²) in [5.41, 5.74) is 3.14. The van der Waals surface area contributed by atoms with E-state index in [0.717, 1.165) is 24.1 Å². The average Bonchev–Trinajstić information content (AvgIpc) is 2.51. The lowest BCUT2D eigenvalue weighted by atomic mass is 10.1. The van der Waals surface area contributed by atoms with E-state index >= 15 is 0 Å². The van der Waals surface area contributed by atoms with Crippen molar-refractivity contribution in [2.75, 3.05) is 12.4 Å². The third-order valence-corrected chi connectivity index (χ3v) is 3.68. The van der Waals surface area contributed by atoms with Crippen molar-refractivity contribution in [3.05, 3.63) is 64.7 Å². The summed E-state index contributed by atoms with van der Waals surface area (Å²) in [5, 5.41) is 3.60. The van der Waals surface area contributed by atoms with Gasteiger partial charge in [-0.05, 0) is 41.8 Å². The maximum Gasteiger partial charge on any atom is 0.321 e. The standard InChI is InChI=1S/C18H21ClN2O/c1-3-4-14-7-11-17(12-8-14)20-18(22)21(2)13-15-5-9-16(19)10-6-15/h5-12H,3-4,13H2,1-2H3,(H,20,22). The van der Waals surface area contributed by atoms with Crippen LogP contribution in [-0.2, 0) is 13.0 Å². The molecule has 0 aliphatic heterocycles. The second-order valence-electron chi connectivity index (χ2n) is 5.36. The number of aryl methyl sites for hydroxylation is 1. The Hall–Kier alpha value is -2.00. The van der Waals surface area contributed by atoms with Crippen molar-refractivity contribution in [1.29, 1.82) is 0 Å². The summed E-state index contributed by atoms with van der Waals surface area (Å²) in [6, 6.07) is 15.4. The molecule has 2 aromatic rings. The molecule has 0 aliphatic carbocycles. The fourth-order valence-electron chi connectivity index (χ4n) is 2.20. The first-order valence-electron chi connectivity index (χ1n) is 7.44. The number of hydrogen-bond acceptors (Lipinski definition) is 1. The summed E-state index contributed by atoms with van der Waals surface area (Å²) in [6.45, 7) is 2.69. The van der Waals surface area contributed by atoms with Crippen LogP contribution in [0.1, 0.15) is 24.5 Å². The molecule has 116 valence electrons. The number of rotatable bonds is 5. The lowest BCUT2D eigenvalue weighted by molar-refractivity contribution is 0.220. The van der Waals surface area contributed by atoms with Gasteiger partial charge in [-0.15, -0.1) is 0 Å². The third-order valence-electron chi connectivity index (χ3n) is 3.42. The molecule has 2 amide bonds. The van der Waals surface area contributed by atoms with Crippen LogP contribution in [0.15, 0.2) is 48.5 Å². The molecular formula is C18H21ClN2O. The van der Waals surface area contributed by atoms with Crippen LogP contribution in [0.3, 0.4) is 0 Å². The summed E-state index contributed by atoms with van der Waals surface area (Å²) < 4.78 is 0. The van der Waals surface area contributed by atoms with Gasteiger partial charge in [0.15, 0.2) is 0 Å². The summed E-state index contributed by atoms with van der Waals surface area (Å²) in [6.07, 6.45) is 2.18. The molecule has 0 unspecified atom stereocenters. The molecule has 2 aromatic carbocycles. The molecule has 0 aliphatic rings. The molecule has 22 heavy (non-hydrogen) atoms. The molecule has 0 fully saturated rings. The van der Waals surface area contributed by atoms with E-state index in [0.29, 0.717) is 11.6 Å². The van der Waals surface area contributed by atoms with Gasteiger partial charge in [0.1, 0.15) is 0 Å². The Kier molecular flexibility index (Phi) is 5.84. The summed E-state index contributed by atoms with van der Waals surface area (Å²) in [5.74, 6) is 0. The Balaban J connectivity index is 1.91. The van der Waals surface area contributed by atoms with Crippen molar-refractivity contribution in [2.45, 2.75) is 26.3 Å². The average molecular weight is 317 g/mol. The number of carbonyl (C=O) groups excluding carboxylic acids is 1. The fraction of sp³-hybridized carbons (Fsp3) is 0.278. The van der Waals surface area contributed by atoms with Gasteiger partial charge in [0, 0.05) is 24.3 Å². The Morgan fingerprint density at radius 3 is 2.23 bits per heavy atom. The van der Waals surface area contributed by atoms with Crippen LogP contribution in [0, 0.1) is 0 Å². The van der Waals surface area contributed by atoms with Crippen LogP contribution in [0.5, 0.6) is 0 Å². The number of hydrogen-bond donors (Lipinski definition) is 1. The Labute approximate surface area is 136 Å². The van der Waals surface area contributed by atoms with E-state index in [-0.39, 0.29) is 6.03 Å². The highest BCUT2D eigenvalue weighted by Gasteiger charge is 2.09. The van der Waals surface area contributed by atoms with Crippen LogP contribution >= 0.6 is 11.6 Å². The number of amides is 2. The largest absolute Gasteiger partial charge is 0.323 e. The van der Waals surface area contributed by atoms with Gasteiger partial charge in [-0.25, -0.2) is 4.79 Å². The van der Waals surface area contributed by atoms with Crippen LogP contribution in [0.25, 0.3) is 0 Å². The molecule has 0 spiro atoms. The van der Waals surface area contributed by atoms with Crippen LogP contribution in [0.2, 0.25) is 5.02 Å². The summed E-state index contributed by atoms with van der Waals surface area (Å²) in [7, 11) is 1.77. The summed E-state index contributed by atoms with van der Waals surface area (Å²) >= 11 is 5.86. The smallest absolute Gasteiger partial charge is 0.321 e. The van der Waals surface area contributed by atoms with E-state index in [1.54, 1.807) is 11.9 Å². The molecule has 0 radical (unpaired) electrons. The Bertz CT molecular complexity index is 608. The first-order valence-corrected chi connectivity index (χ1v) is 7.82. The van der Waals surface area contributed by atoms with Crippen molar-refractivity contribution in [1.82, 2.24) is 4.90 Å². The second kappa shape index (κ2) is 7.85. The minimum atomic E-state index is -0.127. The van der Waals surface area contributed by atoms with Gasteiger partial charge in [-0.3, -0.25) is 0 Å². The molecular weight excluding hydrogens is 296 g/mol. The van der Waals surface area contributed by atoms with Crippen molar-refractivity contribution in [3.63, 3.8) is 0 Å². The van der Waals surface area contributed by atoms with Crippen LogP contribution in [-0.4, -0.2) is 18.0 Å². The van der Waals surface area contributed by atoms with Gasteiger partial charge in [0.25, 0.3) is 0 Å². The molecule has 0 bridgehead atoms. The Morgan fingerprint density at radius 1 is 1.05 bits per heavy atom. The van der Waals surface area contributed by atoms with Gasteiger partial charge >= 0.3 is 6.03 Å². The van der Waals surface area contributed by atoms with E-state index < -0.39 is 0 Å². The van der Waals surface area contributed by atoms with Crippen molar-refractivity contribution >= 4 is 23.3 Å². The lowest BCUT2D eigenvalue weighted by Gasteiger charge is -2.18. The fourth-order valence-corrected chi connectivity index (χ4v) is 2.32. The molecule has 3 nitrogen and oxygen atoms in total. The minimum absolute atomic E-state index is 0.127. The number of benzene rings is 2. The maximum absolute atomic E-state index is 12.2. The molecule has 1 N–H and O–H groups in total. The number of halogens is 1. The normalized spacial score (nSPS) is 10.3. The number of urea groups is 1. The van der Waals surface area contributed by atoms with E-state index in [4.69, 9.17) is 11.6 Å². The number of carbonyl (C=O) groups is 1. The number of nitrogens with one attached hydrogen (secondary N) is 1. The zero-order chi connectivity index (χ0) is 15.9. The maximum atomic E-state index is 12.2. The number of nitrogens with zero attached hydrogens (tertiary/aromatic N) is 1. The Morgan fingerprint density at radius 2 is 1.64 bits per heavy atom. The SMILES string of the molecule is CCCc1ccc(NC(=O)N(C)Cc2ccc(Cl)cc2)cc1.